The van der Waals surface area contributed by atoms with Crippen molar-refractivity contribution in [1.82, 2.24) is 14.9 Å². The molecular formula is C9H17N3O3S. The van der Waals surface area contributed by atoms with Gasteiger partial charge in [-0.15, -0.1) is 0 Å². The molecule has 92 valence electrons. The van der Waals surface area contributed by atoms with Crippen LogP contribution < -0.4 is 4.72 Å². The summed E-state index contributed by atoms with van der Waals surface area (Å²) in [7, 11) is -3.28. The van der Waals surface area contributed by atoms with Gasteiger partial charge in [0.05, 0.1) is 11.9 Å². The molecule has 0 radical (unpaired) electrons. The van der Waals surface area contributed by atoms with Crippen molar-refractivity contribution in [2.24, 2.45) is 0 Å². The van der Waals surface area contributed by atoms with Crippen LogP contribution in [0.5, 0.6) is 0 Å². The van der Waals surface area contributed by atoms with Crippen molar-refractivity contribution in [3.8, 4) is 0 Å². The van der Waals surface area contributed by atoms with Gasteiger partial charge in [-0.25, -0.2) is 13.1 Å². The largest absolute Gasteiger partial charge is 0.396 e. The molecule has 0 aliphatic rings. The van der Waals surface area contributed by atoms with E-state index in [0.717, 1.165) is 5.56 Å². The summed E-state index contributed by atoms with van der Waals surface area (Å²) >= 11 is 0. The zero-order valence-electron chi connectivity index (χ0n) is 9.18. The van der Waals surface area contributed by atoms with Gasteiger partial charge in [-0.05, 0) is 19.8 Å². The van der Waals surface area contributed by atoms with Gasteiger partial charge in [0.15, 0.2) is 0 Å². The van der Waals surface area contributed by atoms with E-state index < -0.39 is 10.0 Å². The lowest BCUT2D eigenvalue weighted by Crippen LogP contribution is -2.29. The van der Waals surface area contributed by atoms with Crippen molar-refractivity contribution in [1.29, 1.82) is 0 Å². The fourth-order valence-corrected chi connectivity index (χ4v) is 2.67. The van der Waals surface area contributed by atoms with E-state index in [4.69, 9.17) is 5.11 Å². The summed E-state index contributed by atoms with van der Waals surface area (Å²) in [6.07, 6.45) is 4.20. The van der Waals surface area contributed by atoms with Crippen LogP contribution in [0, 0.1) is 0 Å². The van der Waals surface area contributed by atoms with Crippen LogP contribution >= 0.6 is 0 Å². The average molecular weight is 247 g/mol. The number of hydrogen-bond acceptors (Lipinski definition) is 4. The summed E-state index contributed by atoms with van der Waals surface area (Å²) in [5.41, 5.74) is 0.797. The molecule has 7 heteroatoms. The van der Waals surface area contributed by atoms with Crippen molar-refractivity contribution in [3.63, 3.8) is 0 Å². The van der Waals surface area contributed by atoms with E-state index in [0.29, 0.717) is 12.8 Å². The Labute approximate surface area is 95.1 Å². The zero-order valence-corrected chi connectivity index (χ0v) is 10.00. The number of aromatic amines is 1. The number of H-pyrrole nitrogens is 1. The second-order valence-corrected chi connectivity index (χ2v) is 5.49. The SMILES string of the molecule is CC(NS(=O)(=O)CCCCO)c1cn[nH]c1. The zero-order chi connectivity index (χ0) is 12.0. The van der Waals surface area contributed by atoms with Gasteiger partial charge in [-0.3, -0.25) is 5.10 Å². The van der Waals surface area contributed by atoms with Gasteiger partial charge in [0, 0.05) is 24.4 Å². The number of nitrogens with one attached hydrogen (secondary N) is 2. The van der Waals surface area contributed by atoms with Crippen LogP contribution in [0.3, 0.4) is 0 Å². The number of nitrogens with zero attached hydrogens (tertiary/aromatic N) is 1. The number of aromatic nitrogens is 2. The molecule has 1 unspecified atom stereocenters. The van der Waals surface area contributed by atoms with E-state index in [1.165, 1.54) is 0 Å². The third-order valence-corrected chi connectivity index (χ3v) is 3.74. The van der Waals surface area contributed by atoms with Crippen LogP contribution in [0.25, 0.3) is 0 Å². The number of hydrogen-bond donors (Lipinski definition) is 3. The summed E-state index contributed by atoms with van der Waals surface area (Å²) in [5, 5.41) is 15.0. The normalized spacial score (nSPS) is 13.9. The van der Waals surface area contributed by atoms with E-state index in [9.17, 15) is 8.42 Å². The third kappa shape index (κ3) is 4.30. The van der Waals surface area contributed by atoms with Crippen molar-refractivity contribution < 1.29 is 13.5 Å². The summed E-state index contributed by atoms with van der Waals surface area (Å²) in [6.45, 7) is 1.78. The van der Waals surface area contributed by atoms with Crippen LogP contribution in [-0.2, 0) is 10.0 Å². The Morgan fingerprint density at radius 3 is 2.88 bits per heavy atom. The van der Waals surface area contributed by atoms with Gasteiger partial charge in [0.2, 0.25) is 10.0 Å². The molecule has 0 bridgehead atoms. The molecule has 0 aromatic carbocycles. The van der Waals surface area contributed by atoms with E-state index in [1.54, 1.807) is 19.3 Å². The first-order valence-electron chi connectivity index (χ1n) is 5.14. The smallest absolute Gasteiger partial charge is 0.212 e. The number of sulfonamides is 1. The standard InChI is InChI=1S/C9H17N3O3S/c1-8(9-6-10-11-7-9)12-16(14,15)5-3-2-4-13/h6-8,12-13H,2-5H2,1H3,(H,10,11). The minimum atomic E-state index is -3.28. The first kappa shape index (κ1) is 13.1. The van der Waals surface area contributed by atoms with Crippen molar-refractivity contribution in [3.05, 3.63) is 18.0 Å². The molecule has 16 heavy (non-hydrogen) atoms. The number of unbranched alkanes of at least 4 members (excludes halogenated alkanes) is 1. The molecule has 1 rings (SSSR count). The second kappa shape index (κ2) is 5.97. The quantitative estimate of drug-likeness (QED) is 0.598. The lowest BCUT2D eigenvalue weighted by atomic mass is 10.2. The highest BCUT2D eigenvalue weighted by Gasteiger charge is 2.15. The summed E-state index contributed by atoms with van der Waals surface area (Å²) < 4.78 is 25.7. The maximum absolute atomic E-state index is 11.6. The molecule has 0 saturated carbocycles. The monoisotopic (exact) mass is 247 g/mol. The molecule has 0 aliphatic carbocycles. The molecule has 0 fully saturated rings. The van der Waals surface area contributed by atoms with Crippen LogP contribution in [0.15, 0.2) is 12.4 Å². The van der Waals surface area contributed by atoms with E-state index >= 15 is 0 Å². The Balaban J connectivity index is 2.46. The van der Waals surface area contributed by atoms with Gasteiger partial charge in [-0.1, -0.05) is 0 Å². The predicted molar refractivity (Wildman–Crippen MR) is 60.2 cm³/mol. The Morgan fingerprint density at radius 1 is 1.56 bits per heavy atom. The van der Waals surface area contributed by atoms with Crippen LogP contribution in [-0.4, -0.2) is 36.1 Å². The molecule has 1 heterocycles. The Bertz CT molecular complexity index is 388. The molecule has 0 amide bonds. The Hall–Kier alpha value is -0.920. The second-order valence-electron chi connectivity index (χ2n) is 3.62. The summed E-state index contributed by atoms with van der Waals surface area (Å²) in [4.78, 5) is 0. The van der Waals surface area contributed by atoms with E-state index in [1.807, 2.05) is 0 Å². The fraction of sp³-hybridized carbons (Fsp3) is 0.667. The van der Waals surface area contributed by atoms with Crippen LogP contribution in [0.2, 0.25) is 0 Å². The van der Waals surface area contributed by atoms with Crippen molar-refractivity contribution >= 4 is 10.0 Å². The number of aliphatic hydroxyl groups excluding tert-OH is 1. The number of rotatable bonds is 7. The van der Waals surface area contributed by atoms with E-state index in [-0.39, 0.29) is 18.4 Å². The molecule has 0 aliphatic heterocycles. The molecule has 0 spiro atoms. The van der Waals surface area contributed by atoms with E-state index in [2.05, 4.69) is 14.9 Å². The molecule has 6 nitrogen and oxygen atoms in total. The molecule has 3 N–H and O–H groups in total. The molecule has 1 aromatic heterocycles. The van der Waals surface area contributed by atoms with Gasteiger partial charge in [0.1, 0.15) is 0 Å². The lowest BCUT2D eigenvalue weighted by Gasteiger charge is -2.12. The maximum Gasteiger partial charge on any atom is 0.212 e. The minimum absolute atomic E-state index is 0.0206. The Morgan fingerprint density at radius 2 is 2.31 bits per heavy atom. The van der Waals surface area contributed by atoms with Crippen molar-refractivity contribution in [2.75, 3.05) is 12.4 Å². The minimum Gasteiger partial charge on any atom is -0.396 e. The molecule has 1 atom stereocenters. The highest BCUT2D eigenvalue weighted by Crippen LogP contribution is 2.11. The topological polar surface area (TPSA) is 95.1 Å². The predicted octanol–water partition coefficient (Wildman–Crippen LogP) is 0.163. The molecule has 0 saturated heterocycles. The van der Waals surface area contributed by atoms with Gasteiger partial charge in [0.25, 0.3) is 0 Å². The van der Waals surface area contributed by atoms with Crippen LogP contribution in [0.1, 0.15) is 31.4 Å². The Kier molecular flexibility index (Phi) is 4.91. The summed E-state index contributed by atoms with van der Waals surface area (Å²) in [6, 6.07) is -0.294. The van der Waals surface area contributed by atoms with Crippen molar-refractivity contribution in [2.45, 2.75) is 25.8 Å². The third-order valence-electron chi connectivity index (χ3n) is 2.20. The number of aliphatic hydroxyl groups is 1. The highest BCUT2D eigenvalue weighted by molar-refractivity contribution is 7.89. The highest BCUT2D eigenvalue weighted by atomic mass is 32.2. The van der Waals surface area contributed by atoms with Crippen LogP contribution in [0.4, 0.5) is 0 Å². The first-order valence-corrected chi connectivity index (χ1v) is 6.80. The average Bonchev–Trinajstić information content (AvgIpc) is 2.69. The van der Waals surface area contributed by atoms with Gasteiger partial charge >= 0.3 is 0 Å². The van der Waals surface area contributed by atoms with Gasteiger partial charge in [-0.2, -0.15) is 5.10 Å². The summed E-state index contributed by atoms with van der Waals surface area (Å²) in [5.74, 6) is 0.0375. The van der Waals surface area contributed by atoms with Gasteiger partial charge < -0.3 is 5.11 Å². The maximum atomic E-state index is 11.6. The lowest BCUT2D eigenvalue weighted by molar-refractivity contribution is 0.287. The fourth-order valence-electron chi connectivity index (χ4n) is 1.30. The molecule has 1 aromatic rings. The first-order chi connectivity index (χ1) is 7.55. The molecular weight excluding hydrogens is 230 g/mol.